The van der Waals surface area contributed by atoms with E-state index in [2.05, 4.69) is 20.3 Å². The number of nitrogens with zero attached hydrogens (tertiary/aromatic N) is 5. The summed E-state index contributed by atoms with van der Waals surface area (Å²) in [5.41, 5.74) is 0.257. The summed E-state index contributed by atoms with van der Waals surface area (Å²) in [4.78, 5) is 29.7. The van der Waals surface area contributed by atoms with Crippen LogP contribution in [-0.2, 0) is 0 Å². The molecule has 2 bridgehead atoms. The van der Waals surface area contributed by atoms with E-state index in [0.29, 0.717) is 29.4 Å². The lowest BCUT2D eigenvalue weighted by atomic mass is 10.0. The molecule has 2 aliphatic rings. The van der Waals surface area contributed by atoms with Crippen LogP contribution in [0.15, 0.2) is 59.6 Å². The Morgan fingerprint density at radius 2 is 1.97 bits per heavy atom. The molecule has 0 spiro atoms. The van der Waals surface area contributed by atoms with Crippen LogP contribution >= 0.6 is 0 Å². The fraction of sp³-hybridized carbons (Fsp3) is 0.417. The number of benzene rings is 1. The zero-order chi connectivity index (χ0) is 24.3. The third kappa shape index (κ3) is 4.96. The van der Waals surface area contributed by atoms with Crippen molar-refractivity contribution in [2.75, 3.05) is 27.2 Å². The number of alkyl halides is 3. The fourth-order valence-electron chi connectivity index (χ4n) is 4.89. The van der Waals surface area contributed by atoms with Crippen molar-refractivity contribution in [1.82, 2.24) is 25.1 Å². The molecule has 1 aromatic carbocycles. The number of fused-ring (bicyclic) bond motifs is 2. The minimum Gasteiger partial charge on any atom is -0.392 e. The molecule has 2 fully saturated rings. The summed E-state index contributed by atoms with van der Waals surface area (Å²) in [6.45, 7) is 0.927. The SMILES string of the molecule is CN/C=C(\N=CCN(C)C1CC2CC1N(C(=O)c1ccccc1-c1ncccn1)C2)C(F)(F)F. The van der Waals surface area contributed by atoms with Crippen molar-refractivity contribution in [2.45, 2.75) is 31.1 Å². The molecule has 7 nitrogen and oxygen atoms in total. The molecule has 180 valence electrons. The van der Waals surface area contributed by atoms with Gasteiger partial charge in [0.2, 0.25) is 0 Å². The highest BCUT2D eigenvalue weighted by Crippen LogP contribution is 2.41. The lowest BCUT2D eigenvalue weighted by molar-refractivity contribution is -0.0926. The van der Waals surface area contributed by atoms with Gasteiger partial charge < -0.3 is 10.2 Å². The van der Waals surface area contributed by atoms with E-state index in [0.717, 1.165) is 19.0 Å². The summed E-state index contributed by atoms with van der Waals surface area (Å²) in [7, 11) is 3.26. The van der Waals surface area contributed by atoms with Gasteiger partial charge in [-0.25, -0.2) is 9.97 Å². The van der Waals surface area contributed by atoms with E-state index in [-0.39, 0.29) is 24.5 Å². The molecule has 34 heavy (non-hydrogen) atoms. The highest BCUT2D eigenvalue weighted by Gasteiger charge is 2.48. The first-order chi connectivity index (χ1) is 16.3. The second-order valence-electron chi connectivity index (χ2n) is 8.61. The number of amides is 1. The fourth-order valence-corrected chi connectivity index (χ4v) is 4.89. The largest absolute Gasteiger partial charge is 0.434 e. The number of likely N-dealkylation sites (N-methyl/N-ethyl adjacent to an activating group) is 1. The number of nitrogens with one attached hydrogen (secondary N) is 1. The minimum absolute atomic E-state index is 0.00409. The van der Waals surface area contributed by atoms with Crippen molar-refractivity contribution in [3.05, 3.63) is 60.2 Å². The van der Waals surface area contributed by atoms with Gasteiger partial charge in [0.25, 0.3) is 5.91 Å². The molecular formula is C24H27F3N6O. The van der Waals surface area contributed by atoms with Gasteiger partial charge in [-0.1, -0.05) is 18.2 Å². The van der Waals surface area contributed by atoms with Crippen molar-refractivity contribution in [2.24, 2.45) is 10.9 Å². The molecule has 0 radical (unpaired) electrons. The molecule has 2 aromatic rings. The molecule has 3 unspecified atom stereocenters. The van der Waals surface area contributed by atoms with Crippen LogP contribution in [0.3, 0.4) is 0 Å². The monoisotopic (exact) mass is 472 g/mol. The average molecular weight is 473 g/mol. The van der Waals surface area contributed by atoms with Crippen LogP contribution in [0, 0.1) is 5.92 Å². The first-order valence-corrected chi connectivity index (χ1v) is 11.1. The second-order valence-corrected chi connectivity index (χ2v) is 8.61. The van der Waals surface area contributed by atoms with Crippen LogP contribution in [0.4, 0.5) is 13.2 Å². The number of piperidine rings is 1. The lowest BCUT2D eigenvalue weighted by Crippen LogP contribution is -2.51. The van der Waals surface area contributed by atoms with E-state index in [9.17, 15) is 18.0 Å². The maximum absolute atomic E-state index is 13.6. The van der Waals surface area contributed by atoms with E-state index < -0.39 is 11.9 Å². The molecule has 1 aliphatic heterocycles. The maximum atomic E-state index is 13.6. The third-order valence-corrected chi connectivity index (χ3v) is 6.41. The maximum Gasteiger partial charge on any atom is 0.434 e. The summed E-state index contributed by atoms with van der Waals surface area (Å²) in [6.07, 6.45) is 2.66. The number of hydrogen-bond acceptors (Lipinski definition) is 6. The normalized spacial score (nSPS) is 22.7. The molecule has 10 heteroatoms. The first kappa shape index (κ1) is 23.9. The zero-order valence-electron chi connectivity index (χ0n) is 19.0. The molecule has 2 heterocycles. The lowest BCUT2D eigenvalue weighted by Gasteiger charge is -2.38. The summed E-state index contributed by atoms with van der Waals surface area (Å²) in [6, 6.07) is 9.08. The molecular weight excluding hydrogens is 445 g/mol. The van der Waals surface area contributed by atoms with Gasteiger partial charge in [0.05, 0.1) is 5.56 Å². The molecule has 1 N–H and O–H groups in total. The molecule has 1 amide bonds. The number of halogens is 3. The van der Waals surface area contributed by atoms with Crippen LogP contribution in [0.5, 0.6) is 0 Å². The van der Waals surface area contributed by atoms with Crippen molar-refractivity contribution >= 4 is 12.1 Å². The van der Waals surface area contributed by atoms with Crippen LogP contribution in [0.25, 0.3) is 11.4 Å². The van der Waals surface area contributed by atoms with Crippen molar-refractivity contribution in [3.63, 3.8) is 0 Å². The van der Waals surface area contributed by atoms with Crippen LogP contribution in [0.1, 0.15) is 23.2 Å². The number of allylic oxidation sites excluding steroid dienone is 1. The van der Waals surface area contributed by atoms with Gasteiger partial charge in [-0.2, -0.15) is 13.2 Å². The highest BCUT2D eigenvalue weighted by atomic mass is 19.4. The van der Waals surface area contributed by atoms with Crippen LogP contribution < -0.4 is 5.32 Å². The van der Waals surface area contributed by atoms with Gasteiger partial charge in [0.15, 0.2) is 11.5 Å². The van der Waals surface area contributed by atoms with Crippen molar-refractivity contribution in [1.29, 1.82) is 0 Å². The summed E-state index contributed by atoms with van der Waals surface area (Å²) in [5.74, 6) is 0.794. The van der Waals surface area contributed by atoms with Gasteiger partial charge >= 0.3 is 6.18 Å². The van der Waals surface area contributed by atoms with E-state index in [4.69, 9.17) is 0 Å². The predicted octanol–water partition coefficient (Wildman–Crippen LogP) is 3.37. The van der Waals surface area contributed by atoms with E-state index in [1.165, 1.54) is 13.3 Å². The molecule has 3 atom stereocenters. The van der Waals surface area contributed by atoms with Crippen molar-refractivity contribution in [3.8, 4) is 11.4 Å². The Hall–Kier alpha value is -3.27. The standard InChI is InChI=1S/C24H27F3N6O/c1-28-14-21(24(25,26)27)29-10-11-32(2)19-12-16-13-20(19)33(15-16)23(34)18-7-4-3-6-17(18)22-30-8-5-9-31-22/h3-10,14,16,19-20,28H,11-13,15H2,1-2H3/b21-14-,29-10?. The summed E-state index contributed by atoms with van der Waals surface area (Å²) < 4.78 is 39.1. The Morgan fingerprint density at radius 3 is 2.65 bits per heavy atom. The van der Waals surface area contributed by atoms with Gasteiger partial charge in [-0.05, 0) is 37.9 Å². The Labute approximate surface area is 196 Å². The predicted molar refractivity (Wildman–Crippen MR) is 123 cm³/mol. The number of carbonyl (C=O) groups is 1. The summed E-state index contributed by atoms with van der Waals surface area (Å²) >= 11 is 0. The van der Waals surface area contributed by atoms with Gasteiger partial charge in [0.1, 0.15) is 0 Å². The van der Waals surface area contributed by atoms with Crippen molar-refractivity contribution < 1.29 is 18.0 Å². The second kappa shape index (κ2) is 9.92. The Kier molecular flexibility index (Phi) is 6.97. The molecule has 1 saturated carbocycles. The average Bonchev–Trinajstić information content (AvgIpc) is 3.44. The van der Waals surface area contributed by atoms with Crippen LogP contribution in [0.2, 0.25) is 0 Å². The highest BCUT2D eigenvalue weighted by molar-refractivity contribution is 6.00. The Bertz CT molecular complexity index is 1070. The van der Waals surface area contributed by atoms with Gasteiger partial charge in [-0.3, -0.25) is 14.7 Å². The number of likely N-dealkylation sites (tertiary alicyclic amines) is 1. The molecule has 1 saturated heterocycles. The topological polar surface area (TPSA) is 73.7 Å². The molecule has 1 aliphatic carbocycles. The number of aliphatic imine (C=N–C) groups is 1. The summed E-state index contributed by atoms with van der Waals surface area (Å²) in [5, 5.41) is 2.38. The Morgan fingerprint density at radius 1 is 1.24 bits per heavy atom. The quantitative estimate of drug-likeness (QED) is 0.626. The minimum atomic E-state index is -4.52. The Balaban J connectivity index is 1.48. The van der Waals surface area contributed by atoms with E-state index >= 15 is 0 Å². The number of aromatic nitrogens is 2. The number of carbonyl (C=O) groups excluding carboxylic acids is 1. The third-order valence-electron chi connectivity index (χ3n) is 6.41. The smallest absolute Gasteiger partial charge is 0.392 e. The van der Waals surface area contributed by atoms with Gasteiger partial charge in [0, 0.05) is 62.6 Å². The first-order valence-electron chi connectivity index (χ1n) is 11.1. The van der Waals surface area contributed by atoms with E-state index in [1.54, 1.807) is 24.5 Å². The molecule has 1 aromatic heterocycles. The van der Waals surface area contributed by atoms with E-state index in [1.807, 2.05) is 35.0 Å². The zero-order valence-corrected chi connectivity index (χ0v) is 19.0. The van der Waals surface area contributed by atoms with Gasteiger partial charge in [-0.15, -0.1) is 0 Å². The number of hydrogen-bond donors (Lipinski definition) is 1. The van der Waals surface area contributed by atoms with Crippen LogP contribution in [-0.4, -0.2) is 77.3 Å². The number of rotatable bonds is 7. The molecule has 4 rings (SSSR count).